The van der Waals surface area contributed by atoms with Crippen LogP contribution in [0.4, 0.5) is 10.5 Å². The fourth-order valence-electron chi connectivity index (χ4n) is 3.84. The Morgan fingerprint density at radius 3 is 2.17 bits per heavy atom. The maximum atomic E-state index is 12.4. The number of likely N-dealkylation sites (tertiary alicyclic amines) is 2. The van der Waals surface area contributed by atoms with Crippen LogP contribution in [0.3, 0.4) is 0 Å². The summed E-state index contributed by atoms with van der Waals surface area (Å²) in [6.07, 6.45) is 4.69. The van der Waals surface area contributed by atoms with Crippen molar-refractivity contribution in [1.82, 2.24) is 9.80 Å². The number of nitrogens with two attached hydrogens (primary N) is 1. The van der Waals surface area contributed by atoms with E-state index < -0.39 is 5.54 Å². The van der Waals surface area contributed by atoms with E-state index in [1.165, 1.54) is 6.42 Å². The Balaban J connectivity index is 1.62. The molecule has 2 aliphatic heterocycles. The van der Waals surface area contributed by atoms with Gasteiger partial charge in [-0.25, -0.2) is 4.79 Å². The van der Waals surface area contributed by atoms with Crippen LogP contribution in [0.25, 0.3) is 0 Å². The third-order valence-corrected chi connectivity index (χ3v) is 5.32. The summed E-state index contributed by atoms with van der Waals surface area (Å²) >= 11 is 0. The van der Waals surface area contributed by atoms with E-state index in [-0.39, 0.29) is 11.9 Å². The van der Waals surface area contributed by atoms with Gasteiger partial charge in [0, 0.05) is 18.8 Å². The molecule has 0 saturated carbocycles. The Morgan fingerprint density at radius 1 is 0.958 bits per heavy atom. The van der Waals surface area contributed by atoms with Crippen LogP contribution >= 0.6 is 0 Å². The lowest BCUT2D eigenvalue weighted by Crippen LogP contribution is -2.64. The number of nitrogens with one attached hydrogen (secondary N) is 1. The lowest BCUT2D eigenvalue weighted by molar-refractivity contribution is -0.134. The number of carbonyl (C=O) groups excluding carboxylic acids is 2. The molecule has 3 N–H and O–H groups in total. The third kappa shape index (κ3) is 3.38. The number of anilines is 1. The average molecular weight is 330 g/mol. The fraction of sp³-hybridized carbons (Fsp3) is 0.556. The van der Waals surface area contributed by atoms with Gasteiger partial charge in [0.05, 0.1) is 0 Å². The number of benzene rings is 1. The molecule has 0 spiro atoms. The molecule has 2 aliphatic rings. The quantitative estimate of drug-likeness (QED) is 0.890. The summed E-state index contributed by atoms with van der Waals surface area (Å²) in [6.45, 7) is 2.97. The first-order valence-electron chi connectivity index (χ1n) is 8.78. The minimum Gasteiger partial charge on any atom is -0.368 e. The summed E-state index contributed by atoms with van der Waals surface area (Å²) < 4.78 is 0. The second-order valence-electron chi connectivity index (χ2n) is 6.73. The Labute approximate surface area is 143 Å². The molecule has 0 aromatic heterocycles. The van der Waals surface area contributed by atoms with E-state index in [0.29, 0.717) is 25.9 Å². The van der Waals surface area contributed by atoms with E-state index in [2.05, 4.69) is 10.2 Å². The summed E-state index contributed by atoms with van der Waals surface area (Å²) in [5.41, 5.74) is 5.98. The Hall–Kier alpha value is -2.08. The fourth-order valence-corrected chi connectivity index (χ4v) is 3.84. The zero-order valence-electron chi connectivity index (χ0n) is 14.0. The SMILES string of the molecule is NC(=O)C1(N2CCCCC2)CCN(C(=O)Nc2ccccc2)CC1. The standard InChI is InChI=1S/C18H26N4O2/c19-16(23)18(22-11-5-2-6-12-22)9-13-21(14-10-18)17(24)20-15-7-3-1-4-8-15/h1,3-4,7-8H,2,5-6,9-14H2,(H2,19,23)(H,20,24). The number of para-hydroxylation sites is 1. The molecule has 3 amide bonds. The minimum absolute atomic E-state index is 0.113. The van der Waals surface area contributed by atoms with E-state index in [0.717, 1.165) is 31.6 Å². The van der Waals surface area contributed by atoms with Crippen LogP contribution in [0.5, 0.6) is 0 Å². The highest BCUT2D eigenvalue weighted by atomic mass is 16.2. The van der Waals surface area contributed by atoms with Gasteiger partial charge in [0.2, 0.25) is 5.91 Å². The summed E-state index contributed by atoms with van der Waals surface area (Å²) in [6, 6.07) is 9.31. The van der Waals surface area contributed by atoms with Crippen LogP contribution in [0.1, 0.15) is 32.1 Å². The Morgan fingerprint density at radius 2 is 1.58 bits per heavy atom. The summed E-state index contributed by atoms with van der Waals surface area (Å²) in [7, 11) is 0. The highest BCUT2D eigenvalue weighted by molar-refractivity contribution is 5.90. The van der Waals surface area contributed by atoms with Crippen molar-refractivity contribution >= 4 is 17.6 Å². The molecule has 0 unspecified atom stereocenters. The van der Waals surface area contributed by atoms with Gasteiger partial charge in [-0.3, -0.25) is 9.69 Å². The molecule has 1 aromatic carbocycles. The van der Waals surface area contributed by atoms with E-state index >= 15 is 0 Å². The number of carbonyl (C=O) groups is 2. The average Bonchev–Trinajstić information content (AvgIpc) is 2.63. The number of rotatable bonds is 3. The van der Waals surface area contributed by atoms with Crippen LogP contribution in [-0.4, -0.2) is 53.5 Å². The van der Waals surface area contributed by atoms with Crippen molar-refractivity contribution in [3.05, 3.63) is 30.3 Å². The van der Waals surface area contributed by atoms with E-state index in [1.54, 1.807) is 4.90 Å². The molecule has 0 aliphatic carbocycles. The van der Waals surface area contributed by atoms with Gasteiger partial charge >= 0.3 is 6.03 Å². The van der Waals surface area contributed by atoms with Gasteiger partial charge in [-0.15, -0.1) is 0 Å². The maximum Gasteiger partial charge on any atom is 0.321 e. The van der Waals surface area contributed by atoms with Gasteiger partial charge in [0.25, 0.3) is 0 Å². The number of hydrogen-bond donors (Lipinski definition) is 2. The predicted octanol–water partition coefficient (Wildman–Crippen LogP) is 2.02. The topological polar surface area (TPSA) is 78.7 Å². The van der Waals surface area contributed by atoms with Crippen molar-refractivity contribution in [1.29, 1.82) is 0 Å². The monoisotopic (exact) mass is 330 g/mol. The molecule has 0 radical (unpaired) electrons. The largest absolute Gasteiger partial charge is 0.368 e. The van der Waals surface area contributed by atoms with Crippen molar-refractivity contribution < 1.29 is 9.59 Å². The maximum absolute atomic E-state index is 12.4. The van der Waals surface area contributed by atoms with Crippen LogP contribution in [0.15, 0.2) is 30.3 Å². The van der Waals surface area contributed by atoms with Crippen LogP contribution in [0, 0.1) is 0 Å². The first-order chi connectivity index (χ1) is 11.6. The highest BCUT2D eigenvalue weighted by Crippen LogP contribution is 2.31. The zero-order chi connectivity index (χ0) is 17.0. The van der Waals surface area contributed by atoms with Gasteiger partial charge in [-0.2, -0.15) is 0 Å². The number of hydrogen-bond acceptors (Lipinski definition) is 3. The van der Waals surface area contributed by atoms with Crippen molar-refractivity contribution in [3.63, 3.8) is 0 Å². The molecule has 0 atom stereocenters. The van der Waals surface area contributed by atoms with Crippen LogP contribution in [0.2, 0.25) is 0 Å². The number of piperidine rings is 2. The number of nitrogens with zero attached hydrogens (tertiary/aromatic N) is 2. The molecule has 2 fully saturated rings. The van der Waals surface area contributed by atoms with Crippen molar-refractivity contribution in [2.24, 2.45) is 5.73 Å². The summed E-state index contributed by atoms with van der Waals surface area (Å²) in [5, 5.41) is 2.90. The predicted molar refractivity (Wildman–Crippen MR) is 93.6 cm³/mol. The van der Waals surface area contributed by atoms with Gasteiger partial charge < -0.3 is 16.0 Å². The molecular weight excluding hydrogens is 304 g/mol. The second kappa shape index (κ2) is 7.21. The molecule has 130 valence electrons. The molecule has 3 rings (SSSR count). The summed E-state index contributed by atoms with van der Waals surface area (Å²) in [5.74, 6) is -0.243. The molecule has 6 heteroatoms. The number of urea groups is 1. The van der Waals surface area contributed by atoms with Gasteiger partial charge in [-0.05, 0) is 50.9 Å². The first kappa shape index (κ1) is 16.8. The highest BCUT2D eigenvalue weighted by Gasteiger charge is 2.45. The number of primary amides is 1. The Bertz CT molecular complexity index is 576. The Kier molecular flexibility index (Phi) is 5.04. The molecule has 2 heterocycles. The van der Waals surface area contributed by atoms with Crippen molar-refractivity contribution in [2.75, 3.05) is 31.5 Å². The lowest BCUT2D eigenvalue weighted by atomic mass is 9.83. The molecule has 6 nitrogen and oxygen atoms in total. The van der Waals surface area contributed by atoms with E-state index in [9.17, 15) is 9.59 Å². The first-order valence-corrected chi connectivity index (χ1v) is 8.78. The zero-order valence-corrected chi connectivity index (χ0v) is 14.0. The molecule has 24 heavy (non-hydrogen) atoms. The second-order valence-corrected chi connectivity index (χ2v) is 6.73. The molecule has 2 saturated heterocycles. The minimum atomic E-state index is -0.579. The smallest absolute Gasteiger partial charge is 0.321 e. The van der Waals surface area contributed by atoms with Crippen molar-refractivity contribution in [3.8, 4) is 0 Å². The van der Waals surface area contributed by atoms with Crippen molar-refractivity contribution in [2.45, 2.75) is 37.6 Å². The third-order valence-electron chi connectivity index (χ3n) is 5.32. The number of amides is 3. The van der Waals surface area contributed by atoms with E-state index in [1.807, 2.05) is 30.3 Å². The summed E-state index contributed by atoms with van der Waals surface area (Å²) in [4.78, 5) is 28.6. The lowest BCUT2D eigenvalue weighted by Gasteiger charge is -2.48. The van der Waals surface area contributed by atoms with Gasteiger partial charge in [-0.1, -0.05) is 24.6 Å². The van der Waals surface area contributed by atoms with Gasteiger partial charge in [0.15, 0.2) is 0 Å². The molecular formula is C18H26N4O2. The molecule has 1 aromatic rings. The van der Waals surface area contributed by atoms with Crippen LogP contribution < -0.4 is 11.1 Å². The normalized spacial score (nSPS) is 21.2. The van der Waals surface area contributed by atoms with Gasteiger partial charge in [0.1, 0.15) is 5.54 Å². The van der Waals surface area contributed by atoms with Crippen LogP contribution in [-0.2, 0) is 4.79 Å². The molecule has 0 bridgehead atoms. The van der Waals surface area contributed by atoms with E-state index in [4.69, 9.17) is 5.73 Å².